The van der Waals surface area contributed by atoms with Crippen molar-refractivity contribution >= 4 is 39.4 Å². The minimum absolute atomic E-state index is 0.229. The lowest BCUT2D eigenvalue weighted by atomic mass is 9.99. The van der Waals surface area contributed by atoms with Gasteiger partial charge in [0.2, 0.25) is 5.43 Å². The minimum atomic E-state index is -0.229. The molecule has 0 atom stereocenters. The van der Waals surface area contributed by atoms with E-state index in [4.69, 9.17) is 20.8 Å². The number of methoxy groups -OCH3 is 1. The maximum Gasteiger partial charge on any atom is 0.220 e. The fourth-order valence-electron chi connectivity index (χ4n) is 4.24. The fraction of sp³-hybridized carbons (Fsp3) is 0.250. The van der Waals surface area contributed by atoms with Crippen molar-refractivity contribution in [2.75, 3.05) is 38.2 Å². The zero-order chi connectivity index (χ0) is 21.5. The standard InChI is InChI=1S/C24H22ClN3O3/c1-14-13-27-22-23(29)21-16(25)4-3-5-18(21)31-24(22)20(14)15-6-7-17(19(12-15)30-2)28-10-8-26-9-11-28/h3-7,12-13,26H,8-11H2,1-2H3. The van der Waals surface area contributed by atoms with Gasteiger partial charge in [0.05, 0.1) is 23.2 Å². The molecule has 0 radical (unpaired) electrons. The van der Waals surface area contributed by atoms with Crippen LogP contribution >= 0.6 is 11.6 Å². The third-order valence-electron chi connectivity index (χ3n) is 5.78. The molecule has 0 unspecified atom stereocenters. The summed E-state index contributed by atoms with van der Waals surface area (Å²) in [6.07, 6.45) is 1.70. The van der Waals surface area contributed by atoms with Gasteiger partial charge in [0, 0.05) is 37.9 Å². The van der Waals surface area contributed by atoms with Gasteiger partial charge in [0.25, 0.3) is 0 Å². The molecule has 1 aliphatic rings. The van der Waals surface area contributed by atoms with Crippen molar-refractivity contribution in [2.24, 2.45) is 0 Å². The molecule has 1 fully saturated rings. The van der Waals surface area contributed by atoms with E-state index in [1.807, 2.05) is 19.1 Å². The monoisotopic (exact) mass is 435 g/mol. The first-order valence-corrected chi connectivity index (χ1v) is 10.6. The summed E-state index contributed by atoms with van der Waals surface area (Å²) in [4.78, 5) is 19.8. The van der Waals surface area contributed by atoms with Gasteiger partial charge in [-0.2, -0.15) is 0 Å². The van der Waals surface area contributed by atoms with Crippen molar-refractivity contribution in [2.45, 2.75) is 6.92 Å². The zero-order valence-corrected chi connectivity index (χ0v) is 18.1. The van der Waals surface area contributed by atoms with E-state index in [2.05, 4.69) is 21.3 Å². The van der Waals surface area contributed by atoms with E-state index in [1.54, 1.807) is 31.5 Å². The lowest BCUT2D eigenvalue weighted by molar-refractivity contribution is 0.413. The molecular formula is C24H22ClN3O3. The molecule has 0 saturated carbocycles. The molecule has 7 heteroatoms. The Labute approximate surface area is 184 Å². The van der Waals surface area contributed by atoms with Crippen molar-refractivity contribution in [3.05, 3.63) is 63.4 Å². The summed E-state index contributed by atoms with van der Waals surface area (Å²) < 4.78 is 11.9. The SMILES string of the molecule is COc1cc(-c2c(C)cnc3c(=O)c4c(Cl)cccc4oc23)ccc1N1CCNCC1. The Morgan fingerprint density at radius 3 is 2.77 bits per heavy atom. The number of hydrogen-bond acceptors (Lipinski definition) is 6. The number of ether oxygens (including phenoxy) is 1. The number of anilines is 1. The number of fused-ring (bicyclic) bond motifs is 2. The van der Waals surface area contributed by atoms with Crippen LogP contribution in [0.1, 0.15) is 5.56 Å². The van der Waals surface area contributed by atoms with Crippen LogP contribution in [0.25, 0.3) is 33.2 Å². The summed E-state index contributed by atoms with van der Waals surface area (Å²) in [7, 11) is 1.68. The summed E-state index contributed by atoms with van der Waals surface area (Å²) >= 11 is 6.27. The van der Waals surface area contributed by atoms with E-state index in [9.17, 15) is 4.79 Å². The summed E-state index contributed by atoms with van der Waals surface area (Å²) in [5.41, 5.74) is 4.65. The van der Waals surface area contributed by atoms with Gasteiger partial charge in [-0.15, -0.1) is 0 Å². The average Bonchev–Trinajstić information content (AvgIpc) is 2.79. The van der Waals surface area contributed by atoms with Crippen molar-refractivity contribution in [3.8, 4) is 16.9 Å². The molecule has 1 saturated heterocycles. The maximum atomic E-state index is 13.1. The smallest absolute Gasteiger partial charge is 0.220 e. The van der Waals surface area contributed by atoms with Crippen LogP contribution in [0.3, 0.4) is 0 Å². The molecule has 6 nitrogen and oxygen atoms in total. The molecule has 1 N–H and O–H groups in total. The van der Waals surface area contributed by atoms with E-state index >= 15 is 0 Å². The molecule has 0 aliphatic carbocycles. The first-order chi connectivity index (χ1) is 15.1. The van der Waals surface area contributed by atoms with Gasteiger partial charge >= 0.3 is 0 Å². The summed E-state index contributed by atoms with van der Waals surface area (Å²) in [6, 6.07) is 11.3. The topological polar surface area (TPSA) is 67.6 Å². The van der Waals surface area contributed by atoms with Crippen molar-refractivity contribution < 1.29 is 9.15 Å². The molecule has 0 amide bonds. The van der Waals surface area contributed by atoms with Gasteiger partial charge in [-0.3, -0.25) is 4.79 Å². The Balaban J connectivity index is 1.74. The van der Waals surface area contributed by atoms with Crippen molar-refractivity contribution in [1.29, 1.82) is 0 Å². The highest BCUT2D eigenvalue weighted by Gasteiger charge is 2.20. The van der Waals surface area contributed by atoms with Crippen LogP contribution in [0.2, 0.25) is 5.02 Å². The number of nitrogens with one attached hydrogen (secondary N) is 1. The largest absolute Gasteiger partial charge is 0.495 e. The van der Waals surface area contributed by atoms with Crippen molar-refractivity contribution in [1.82, 2.24) is 10.3 Å². The van der Waals surface area contributed by atoms with Gasteiger partial charge < -0.3 is 19.4 Å². The molecule has 31 heavy (non-hydrogen) atoms. The van der Waals surface area contributed by atoms with Gasteiger partial charge in [-0.1, -0.05) is 23.7 Å². The van der Waals surface area contributed by atoms with E-state index in [0.717, 1.165) is 54.3 Å². The number of halogens is 1. The van der Waals surface area contributed by atoms with Crippen LogP contribution in [-0.2, 0) is 0 Å². The first-order valence-electron chi connectivity index (χ1n) is 10.2. The number of hydrogen-bond donors (Lipinski definition) is 1. The van der Waals surface area contributed by atoms with Crippen LogP contribution in [0, 0.1) is 6.92 Å². The molecular weight excluding hydrogens is 414 g/mol. The summed E-state index contributed by atoms with van der Waals surface area (Å²) in [6.45, 7) is 5.70. The molecule has 2 aromatic carbocycles. The van der Waals surface area contributed by atoms with Crippen LogP contribution in [0.4, 0.5) is 5.69 Å². The minimum Gasteiger partial charge on any atom is -0.495 e. The average molecular weight is 436 g/mol. The van der Waals surface area contributed by atoms with E-state index in [0.29, 0.717) is 21.6 Å². The van der Waals surface area contributed by atoms with Gasteiger partial charge in [0.1, 0.15) is 11.3 Å². The van der Waals surface area contributed by atoms with Gasteiger partial charge in [0.15, 0.2) is 11.1 Å². The number of rotatable bonds is 3. The van der Waals surface area contributed by atoms with E-state index in [-0.39, 0.29) is 10.9 Å². The fourth-order valence-corrected chi connectivity index (χ4v) is 4.49. The molecule has 158 valence electrons. The Bertz CT molecular complexity index is 1360. The van der Waals surface area contributed by atoms with Crippen LogP contribution < -0.4 is 20.4 Å². The Kier molecular flexibility index (Phi) is 5.04. The van der Waals surface area contributed by atoms with Crippen molar-refractivity contribution in [3.63, 3.8) is 0 Å². The highest BCUT2D eigenvalue weighted by atomic mass is 35.5. The van der Waals surface area contributed by atoms with Gasteiger partial charge in [-0.25, -0.2) is 4.98 Å². The van der Waals surface area contributed by atoms with Crippen LogP contribution in [0.5, 0.6) is 5.75 Å². The zero-order valence-electron chi connectivity index (χ0n) is 17.4. The molecule has 2 aromatic heterocycles. The second-order valence-corrected chi connectivity index (χ2v) is 8.07. The second-order valence-electron chi connectivity index (χ2n) is 7.66. The summed E-state index contributed by atoms with van der Waals surface area (Å²) in [5.74, 6) is 0.787. The van der Waals surface area contributed by atoms with E-state index < -0.39 is 0 Å². The normalized spacial score (nSPS) is 14.4. The van der Waals surface area contributed by atoms with Gasteiger partial charge in [-0.05, 0) is 42.3 Å². The Hall–Kier alpha value is -3.09. The number of aromatic nitrogens is 1. The molecule has 0 bridgehead atoms. The van der Waals surface area contributed by atoms with Crippen LogP contribution in [0.15, 0.2) is 51.8 Å². The highest BCUT2D eigenvalue weighted by molar-refractivity contribution is 6.35. The second kappa shape index (κ2) is 7.87. The predicted octanol–water partition coefficient (Wildman–Crippen LogP) is 4.39. The lowest BCUT2D eigenvalue weighted by Crippen LogP contribution is -2.43. The predicted molar refractivity (Wildman–Crippen MR) is 125 cm³/mol. The third kappa shape index (κ3) is 3.32. The molecule has 4 aromatic rings. The quantitative estimate of drug-likeness (QED) is 0.481. The Morgan fingerprint density at radius 2 is 2.00 bits per heavy atom. The number of piperazine rings is 1. The number of pyridine rings is 1. The lowest BCUT2D eigenvalue weighted by Gasteiger charge is -2.30. The maximum absolute atomic E-state index is 13.1. The number of aryl methyl sites for hydroxylation is 1. The third-order valence-corrected chi connectivity index (χ3v) is 6.09. The molecule has 0 spiro atoms. The van der Waals surface area contributed by atoms with E-state index in [1.165, 1.54) is 0 Å². The highest BCUT2D eigenvalue weighted by Crippen LogP contribution is 2.38. The van der Waals surface area contributed by atoms with Crippen LogP contribution in [-0.4, -0.2) is 38.3 Å². The molecule has 5 rings (SSSR count). The Morgan fingerprint density at radius 1 is 1.19 bits per heavy atom. The molecule has 3 heterocycles. The first kappa shape index (κ1) is 19.8. The summed E-state index contributed by atoms with van der Waals surface area (Å²) in [5, 5.41) is 4.08. The molecule has 1 aliphatic heterocycles. The number of nitrogens with zero attached hydrogens (tertiary/aromatic N) is 2. The number of benzene rings is 2.